The first-order valence-corrected chi connectivity index (χ1v) is 11.6. The first-order valence-electron chi connectivity index (χ1n) is 11.6. The van der Waals surface area contributed by atoms with E-state index < -0.39 is 0 Å². The van der Waals surface area contributed by atoms with Crippen molar-refractivity contribution in [2.45, 2.75) is 64.8 Å². The molecule has 0 saturated carbocycles. The molecule has 2 aliphatic rings. The Kier molecular flexibility index (Phi) is 6.59. The van der Waals surface area contributed by atoms with E-state index in [0.29, 0.717) is 6.04 Å². The Labute approximate surface area is 189 Å². The van der Waals surface area contributed by atoms with Gasteiger partial charge in [0, 0.05) is 41.9 Å². The maximum atomic E-state index is 2.45. The van der Waals surface area contributed by atoms with Crippen LogP contribution in [0, 0.1) is 0 Å². The summed E-state index contributed by atoms with van der Waals surface area (Å²) >= 11 is 0. The summed E-state index contributed by atoms with van der Waals surface area (Å²) in [5, 5.41) is 0. The van der Waals surface area contributed by atoms with Gasteiger partial charge in [0.25, 0.3) is 0 Å². The quantitative estimate of drug-likeness (QED) is 0.384. The van der Waals surface area contributed by atoms with Crippen molar-refractivity contribution in [2.24, 2.45) is 0 Å². The molecule has 1 atom stereocenters. The normalized spacial score (nSPS) is 20.8. The van der Waals surface area contributed by atoms with Gasteiger partial charge in [-0.15, -0.1) is 0 Å². The molecule has 0 radical (unpaired) electrons. The molecule has 1 unspecified atom stereocenters. The van der Waals surface area contributed by atoms with Crippen LogP contribution in [0.1, 0.15) is 59.1 Å². The molecule has 0 N–H and O–H groups in total. The molecular formula is C29H39N2+. The summed E-state index contributed by atoms with van der Waals surface area (Å²) in [6.45, 7) is 13.4. The van der Waals surface area contributed by atoms with Crippen LogP contribution in [0.5, 0.6) is 0 Å². The van der Waals surface area contributed by atoms with Gasteiger partial charge in [-0.25, -0.2) is 0 Å². The minimum Gasteiger partial charge on any atom is -0.370 e. The lowest BCUT2D eigenvalue weighted by Crippen LogP contribution is -2.38. The van der Waals surface area contributed by atoms with Crippen molar-refractivity contribution in [1.29, 1.82) is 0 Å². The lowest BCUT2D eigenvalue weighted by molar-refractivity contribution is -0.401. The van der Waals surface area contributed by atoms with E-state index >= 15 is 0 Å². The van der Waals surface area contributed by atoms with Crippen LogP contribution in [0.25, 0.3) is 0 Å². The van der Waals surface area contributed by atoms with Crippen LogP contribution < -0.4 is 4.90 Å². The largest absolute Gasteiger partial charge is 0.370 e. The highest BCUT2D eigenvalue weighted by Gasteiger charge is 2.43. The second-order valence-electron chi connectivity index (χ2n) is 9.47. The molecular weight excluding hydrogens is 376 g/mol. The van der Waals surface area contributed by atoms with Gasteiger partial charge in [-0.05, 0) is 31.9 Å². The molecule has 2 aromatic rings. The molecule has 2 heteroatoms. The number of hydrogen-bond donors (Lipinski definition) is 0. The third-order valence-corrected chi connectivity index (χ3v) is 7.08. The molecule has 0 fully saturated rings. The fourth-order valence-corrected chi connectivity index (χ4v) is 5.34. The summed E-state index contributed by atoms with van der Waals surface area (Å²) in [7, 11) is 4.40. The summed E-state index contributed by atoms with van der Waals surface area (Å²) in [5.41, 5.74) is 7.07. The van der Waals surface area contributed by atoms with Crippen LogP contribution in [0.15, 0.2) is 72.8 Å². The number of benzene rings is 2. The summed E-state index contributed by atoms with van der Waals surface area (Å²) in [6, 6.07) is 18.0. The van der Waals surface area contributed by atoms with Crippen LogP contribution >= 0.6 is 0 Å². The van der Waals surface area contributed by atoms with E-state index in [1.165, 1.54) is 28.2 Å². The van der Waals surface area contributed by atoms with E-state index in [2.05, 4.69) is 124 Å². The van der Waals surface area contributed by atoms with Gasteiger partial charge in [0.2, 0.25) is 5.69 Å². The van der Waals surface area contributed by atoms with Gasteiger partial charge in [0.15, 0.2) is 5.71 Å². The fraction of sp³-hybridized carbons (Fsp3) is 0.414. The third kappa shape index (κ3) is 3.89. The van der Waals surface area contributed by atoms with E-state index in [9.17, 15) is 0 Å². The Bertz CT molecular complexity index is 1020. The summed E-state index contributed by atoms with van der Waals surface area (Å²) in [4.78, 5) is 2.45. The van der Waals surface area contributed by atoms with Gasteiger partial charge in [0.1, 0.15) is 7.05 Å². The molecule has 2 heterocycles. The second-order valence-corrected chi connectivity index (χ2v) is 9.47. The van der Waals surface area contributed by atoms with Crippen LogP contribution in [0.4, 0.5) is 11.4 Å². The first-order chi connectivity index (χ1) is 14.8. The number of rotatable bonds is 4. The molecule has 0 aromatic heterocycles. The molecule has 31 heavy (non-hydrogen) atoms. The molecule has 0 spiro atoms. The van der Waals surface area contributed by atoms with Crippen molar-refractivity contribution in [1.82, 2.24) is 0 Å². The SMILES string of the molecule is CC.CN1c2ccccc2C(C)(C)C1C/C=C/C=C/C1=[N+](C)c2ccccc2C1(C)C. The van der Waals surface area contributed by atoms with Crippen molar-refractivity contribution in [3.63, 3.8) is 0 Å². The number of anilines is 1. The number of fused-ring (bicyclic) bond motifs is 2. The summed E-state index contributed by atoms with van der Waals surface area (Å²) in [6.07, 6.45) is 10.0. The number of nitrogens with zero attached hydrogens (tertiary/aromatic N) is 2. The van der Waals surface area contributed by atoms with Crippen LogP contribution in [0.2, 0.25) is 0 Å². The molecule has 164 valence electrons. The van der Waals surface area contributed by atoms with Crippen LogP contribution in [-0.4, -0.2) is 30.4 Å². The standard InChI is InChI=1S/C27H33N2.C2H6/c1-26(2)20-14-10-12-16-22(20)28(5)24(26)18-8-7-9-19-25-27(3,4)21-15-11-13-17-23(21)29(25)6;1-2/h7-18,25H,19H2,1-6H3;1-2H3/q+1;/b9-7+,18-8+;. The van der Waals surface area contributed by atoms with Crippen molar-refractivity contribution in [2.75, 3.05) is 19.0 Å². The summed E-state index contributed by atoms with van der Waals surface area (Å²) < 4.78 is 2.32. The molecule has 4 rings (SSSR count). The Morgan fingerprint density at radius 3 is 2.16 bits per heavy atom. The highest BCUT2D eigenvalue weighted by atomic mass is 15.2. The number of para-hydroxylation sites is 2. The predicted octanol–water partition coefficient (Wildman–Crippen LogP) is 7.02. The van der Waals surface area contributed by atoms with Gasteiger partial charge in [0.05, 0.1) is 5.41 Å². The maximum Gasteiger partial charge on any atom is 0.209 e. The van der Waals surface area contributed by atoms with Crippen molar-refractivity contribution in [3.8, 4) is 0 Å². The van der Waals surface area contributed by atoms with Gasteiger partial charge in [-0.2, -0.15) is 4.58 Å². The molecule has 0 amide bonds. The number of hydrogen-bond acceptors (Lipinski definition) is 1. The van der Waals surface area contributed by atoms with Gasteiger partial charge in [-0.3, -0.25) is 0 Å². The average Bonchev–Trinajstić information content (AvgIpc) is 3.09. The molecule has 0 aliphatic carbocycles. The highest BCUT2D eigenvalue weighted by molar-refractivity contribution is 6.03. The van der Waals surface area contributed by atoms with E-state index in [1.807, 2.05) is 13.8 Å². The minimum absolute atomic E-state index is 0.0327. The predicted molar refractivity (Wildman–Crippen MR) is 136 cm³/mol. The highest BCUT2D eigenvalue weighted by Crippen LogP contribution is 2.45. The van der Waals surface area contributed by atoms with Crippen molar-refractivity contribution in [3.05, 3.63) is 84.0 Å². The van der Waals surface area contributed by atoms with Crippen molar-refractivity contribution < 1.29 is 4.58 Å². The molecule has 0 saturated heterocycles. The minimum atomic E-state index is 0.0327. The Morgan fingerprint density at radius 1 is 0.903 bits per heavy atom. The molecule has 2 aromatic carbocycles. The zero-order chi connectivity index (χ0) is 22.8. The monoisotopic (exact) mass is 415 g/mol. The van der Waals surface area contributed by atoms with E-state index in [1.54, 1.807) is 0 Å². The van der Waals surface area contributed by atoms with Gasteiger partial charge >= 0.3 is 0 Å². The Morgan fingerprint density at radius 2 is 1.52 bits per heavy atom. The lowest BCUT2D eigenvalue weighted by atomic mass is 9.79. The van der Waals surface area contributed by atoms with E-state index in [0.717, 1.165) is 6.42 Å². The molecule has 2 nitrogen and oxygen atoms in total. The number of likely N-dealkylation sites (N-methyl/N-ethyl adjacent to an activating group) is 1. The number of allylic oxidation sites excluding steroid dienone is 3. The van der Waals surface area contributed by atoms with Crippen molar-refractivity contribution >= 4 is 17.1 Å². The maximum absolute atomic E-state index is 2.45. The van der Waals surface area contributed by atoms with Gasteiger partial charge < -0.3 is 4.90 Å². The first kappa shape index (κ1) is 23.1. The van der Waals surface area contributed by atoms with Crippen LogP contribution in [0.3, 0.4) is 0 Å². The van der Waals surface area contributed by atoms with E-state index in [4.69, 9.17) is 0 Å². The average molecular weight is 416 g/mol. The molecule has 0 bridgehead atoms. The van der Waals surface area contributed by atoms with E-state index in [-0.39, 0.29) is 10.8 Å². The second kappa shape index (κ2) is 8.86. The smallest absolute Gasteiger partial charge is 0.209 e. The lowest BCUT2D eigenvalue weighted by Gasteiger charge is -2.31. The zero-order valence-corrected chi connectivity index (χ0v) is 20.6. The Hall–Kier alpha value is -2.61. The molecule has 2 aliphatic heterocycles. The third-order valence-electron chi connectivity index (χ3n) is 7.08. The van der Waals surface area contributed by atoms with Crippen LogP contribution in [-0.2, 0) is 10.8 Å². The Balaban J connectivity index is 0.00000132. The zero-order valence-electron chi connectivity index (χ0n) is 20.6. The van der Waals surface area contributed by atoms with Gasteiger partial charge in [-0.1, -0.05) is 82.3 Å². The summed E-state index contributed by atoms with van der Waals surface area (Å²) in [5.74, 6) is 0. The topological polar surface area (TPSA) is 6.25 Å². The fourth-order valence-electron chi connectivity index (χ4n) is 5.34.